The monoisotopic (exact) mass is 407 g/mol. The fourth-order valence-corrected chi connectivity index (χ4v) is 2.97. The lowest BCUT2D eigenvalue weighted by Gasteiger charge is -2.13. The number of nitrogens with zero attached hydrogens (tertiary/aromatic N) is 2. The summed E-state index contributed by atoms with van der Waals surface area (Å²) in [5.41, 5.74) is 9.96. The first kappa shape index (κ1) is 21.2. The van der Waals surface area contributed by atoms with Gasteiger partial charge >= 0.3 is 0 Å². The van der Waals surface area contributed by atoms with Gasteiger partial charge in [0.25, 0.3) is 5.70 Å². The minimum atomic E-state index is 0.0347. The van der Waals surface area contributed by atoms with Crippen LogP contribution in [0.1, 0.15) is 23.6 Å². The number of nitrogen functional groups attached to an aromatic ring is 1. The molecular formula is C26H21N3O2. The Morgan fingerprint density at radius 3 is 2.45 bits per heavy atom. The van der Waals surface area contributed by atoms with E-state index in [0.29, 0.717) is 17.1 Å². The lowest BCUT2D eigenvalue weighted by molar-refractivity contribution is 0.318. The summed E-state index contributed by atoms with van der Waals surface area (Å²) < 4.78 is 11.2. The smallest absolute Gasteiger partial charge is 0.269 e. The second kappa shape index (κ2) is 9.82. The zero-order chi connectivity index (χ0) is 22.2. The second-order valence-electron chi connectivity index (χ2n) is 6.77. The molecule has 0 saturated carbocycles. The first-order valence-corrected chi connectivity index (χ1v) is 9.52. The standard InChI is InChI=1S/C26H21N3O2/c1-18-14-22(25(17-27)29-2)16-24(31-18)13-8-20-5-10-21(26(15-20)30-3)9-4-19-6-11-23(28)12-7-19/h4-16H,28H2,1,3H3/b9-4+,13-8+,25-22+. The van der Waals surface area contributed by atoms with Crippen molar-refractivity contribution in [3.8, 4) is 11.8 Å². The zero-order valence-corrected chi connectivity index (χ0v) is 17.3. The van der Waals surface area contributed by atoms with Gasteiger partial charge in [-0.2, -0.15) is 0 Å². The Kier molecular flexibility index (Phi) is 6.73. The van der Waals surface area contributed by atoms with Crippen LogP contribution in [-0.2, 0) is 4.74 Å². The van der Waals surface area contributed by atoms with Gasteiger partial charge in [0, 0.05) is 11.3 Å². The highest BCUT2D eigenvalue weighted by Crippen LogP contribution is 2.26. The normalized spacial score (nSPS) is 15.0. The summed E-state index contributed by atoms with van der Waals surface area (Å²) in [5.74, 6) is 1.91. The number of benzene rings is 2. The van der Waals surface area contributed by atoms with Gasteiger partial charge in [0.05, 0.1) is 19.8 Å². The van der Waals surface area contributed by atoms with E-state index in [1.165, 1.54) is 0 Å². The Hall–Kier alpha value is -4.48. The second-order valence-corrected chi connectivity index (χ2v) is 6.77. The van der Waals surface area contributed by atoms with Crippen molar-refractivity contribution in [2.75, 3.05) is 12.8 Å². The Bertz CT molecular complexity index is 1200. The molecule has 0 fully saturated rings. The van der Waals surface area contributed by atoms with Gasteiger partial charge in [-0.15, -0.1) is 0 Å². The Labute approximate surface area is 182 Å². The molecule has 1 aliphatic heterocycles. The highest BCUT2D eigenvalue weighted by Gasteiger charge is 2.10. The minimum Gasteiger partial charge on any atom is -0.496 e. The molecule has 0 aliphatic carbocycles. The Balaban J connectivity index is 1.82. The van der Waals surface area contributed by atoms with Gasteiger partial charge in [-0.3, -0.25) is 0 Å². The summed E-state index contributed by atoms with van der Waals surface area (Å²) in [7, 11) is 1.63. The van der Waals surface area contributed by atoms with E-state index in [0.717, 1.165) is 28.1 Å². The maximum absolute atomic E-state index is 9.11. The molecule has 5 heteroatoms. The van der Waals surface area contributed by atoms with E-state index in [9.17, 15) is 0 Å². The number of nitrogens with two attached hydrogens (primary N) is 1. The average molecular weight is 407 g/mol. The third-order valence-corrected chi connectivity index (χ3v) is 4.52. The molecule has 3 rings (SSSR count). The van der Waals surface area contributed by atoms with E-state index < -0.39 is 0 Å². The summed E-state index contributed by atoms with van der Waals surface area (Å²) in [6, 6.07) is 15.4. The van der Waals surface area contributed by atoms with Gasteiger partial charge < -0.3 is 15.2 Å². The number of anilines is 1. The largest absolute Gasteiger partial charge is 0.496 e. The fourth-order valence-electron chi connectivity index (χ4n) is 2.97. The molecule has 0 aromatic heterocycles. The number of allylic oxidation sites excluding steroid dienone is 6. The number of rotatable bonds is 5. The number of methoxy groups -OCH3 is 1. The van der Waals surface area contributed by atoms with Crippen LogP contribution in [0.3, 0.4) is 0 Å². The van der Waals surface area contributed by atoms with E-state index in [4.69, 9.17) is 27.0 Å². The van der Waals surface area contributed by atoms with Crippen LogP contribution < -0.4 is 10.5 Å². The maximum Gasteiger partial charge on any atom is 0.269 e. The minimum absolute atomic E-state index is 0.0347. The molecule has 0 radical (unpaired) electrons. The van der Waals surface area contributed by atoms with Gasteiger partial charge in [-0.1, -0.05) is 42.5 Å². The molecule has 0 spiro atoms. The summed E-state index contributed by atoms with van der Waals surface area (Å²) in [6.45, 7) is 8.91. The van der Waals surface area contributed by atoms with E-state index >= 15 is 0 Å². The van der Waals surface area contributed by atoms with Crippen molar-refractivity contribution in [3.63, 3.8) is 0 Å². The highest BCUT2D eigenvalue weighted by atomic mass is 16.5. The maximum atomic E-state index is 9.11. The molecule has 2 aromatic rings. The first-order chi connectivity index (χ1) is 15.0. The molecule has 5 nitrogen and oxygen atoms in total. The lowest BCUT2D eigenvalue weighted by Crippen LogP contribution is -1.97. The van der Waals surface area contributed by atoms with Crippen molar-refractivity contribution in [1.29, 1.82) is 5.26 Å². The molecule has 2 N–H and O–H groups in total. The topological polar surface area (TPSA) is 72.6 Å². The van der Waals surface area contributed by atoms with Crippen LogP contribution in [0.25, 0.3) is 23.1 Å². The van der Waals surface area contributed by atoms with Crippen LogP contribution in [0.2, 0.25) is 0 Å². The van der Waals surface area contributed by atoms with Crippen molar-refractivity contribution in [2.24, 2.45) is 0 Å². The van der Waals surface area contributed by atoms with Gasteiger partial charge in [0.1, 0.15) is 17.3 Å². The van der Waals surface area contributed by atoms with Crippen LogP contribution >= 0.6 is 0 Å². The molecule has 31 heavy (non-hydrogen) atoms. The van der Waals surface area contributed by atoms with Gasteiger partial charge in [0.15, 0.2) is 0 Å². The van der Waals surface area contributed by atoms with Crippen LogP contribution in [0.4, 0.5) is 5.69 Å². The van der Waals surface area contributed by atoms with Crippen molar-refractivity contribution < 1.29 is 9.47 Å². The van der Waals surface area contributed by atoms with Crippen molar-refractivity contribution in [1.82, 2.24) is 0 Å². The molecule has 152 valence electrons. The Morgan fingerprint density at radius 1 is 1.06 bits per heavy atom. The number of hydrogen-bond acceptors (Lipinski definition) is 4. The van der Waals surface area contributed by atoms with Crippen molar-refractivity contribution in [2.45, 2.75) is 6.92 Å². The summed E-state index contributed by atoms with van der Waals surface area (Å²) in [4.78, 5) is 3.26. The summed E-state index contributed by atoms with van der Waals surface area (Å²) in [6.07, 6.45) is 11.0. The average Bonchev–Trinajstić information content (AvgIpc) is 2.78. The molecule has 1 heterocycles. The molecule has 0 atom stereocenters. The Morgan fingerprint density at radius 2 is 1.77 bits per heavy atom. The van der Waals surface area contributed by atoms with Crippen LogP contribution in [0, 0.1) is 17.9 Å². The highest BCUT2D eigenvalue weighted by molar-refractivity contribution is 5.74. The quantitative estimate of drug-likeness (QED) is 0.287. The molecule has 1 aliphatic rings. The van der Waals surface area contributed by atoms with E-state index in [-0.39, 0.29) is 5.70 Å². The third-order valence-electron chi connectivity index (χ3n) is 4.52. The molecule has 0 unspecified atom stereocenters. The lowest BCUT2D eigenvalue weighted by atomic mass is 10.1. The van der Waals surface area contributed by atoms with Crippen LogP contribution in [0.15, 0.2) is 83.5 Å². The number of nitriles is 1. The molecule has 0 saturated heterocycles. The van der Waals surface area contributed by atoms with Crippen LogP contribution in [0.5, 0.6) is 5.75 Å². The zero-order valence-electron chi connectivity index (χ0n) is 17.3. The predicted molar refractivity (Wildman–Crippen MR) is 124 cm³/mol. The van der Waals surface area contributed by atoms with Crippen molar-refractivity contribution in [3.05, 3.63) is 112 Å². The van der Waals surface area contributed by atoms with E-state index in [1.54, 1.807) is 32.3 Å². The van der Waals surface area contributed by atoms with Gasteiger partial charge in [-0.25, -0.2) is 10.1 Å². The third kappa shape index (κ3) is 5.53. The summed E-state index contributed by atoms with van der Waals surface area (Å²) >= 11 is 0. The van der Waals surface area contributed by atoms with Gasteiger partial charge in [-0.05, 0) is 60.1 Å². The fraction of sp³-hybridized carbons (Fsp3) is 0.0769. The molecule has 2 aromatic carbocycles. The van der Waals surface area contributed by atoms with Crippen LogP contribution in [-0.4, -0.2) is 7.11 Å². The van der Waals surface area contributed by atoms with Crippen molar-refractivity contribution >= 4 is 23.9 Å². The van der Waals surface area contributed by atoms with E-state index in [1.807, 2.05) is 66.8 Å². The summed E-state index contributed by atoms with van der Waals surface area (Å²) in [5, 5.41) is 9.11. The molecule has 0 amide bonds. The van der Waals surface area contributed by atoms with Gasteiger partial charge in [0.2, 0.25) is 0 Å². The SMILES string of the molecule is [C-]#[N+]/C(C#N)=C1\C=C(C)OC(/C=C/c2ccc(/C=C/c3ccc(N)cc3)c(OC)c2)=C1. The number of hydrogen-bond donors (Lipinski definition) is 1. The van der Waals surface area contributed by atoms with E-state index in [2.05, 4.69) is 4.85 Å². The molecular weight excluding hydrogens is 386 g/mol. The first-order valence-electron chi connectivity index (χ1n) is 9.52. The predicted octanol–water partition coefficient (Wildman–Crippen LogP) is 5.98. The molecule has 0 bridgehead atoms. The number of ether oxygens (including phenoxy) is 2.